The second-order valence-corrected chi connectivity index (χ2v) is 6.18. The summed E-state index contributed by atoms with van der Waals surface area (Å²) >= 11 is 5.41. The molecule has 0 radical (unpaired) electrons. The molecule has 0 amide bonds. The number of hydrogen-bond acceptors (Lipinski definition) is 3. The number of hydrogen-bond donors (Lipinski definition) is 2. The largest absolute Gasteiger partial charge is 0.462 e. The van der Waals surface area contributed by atoms with Crippen molar-refractivity contribution >= 4 is 29.0 Å². The van der Waals surface area contributed by atoms with Gasteiger partial charge in [-0.25, -0.2) is 4.79 Å². The van der Waals surface area contributed by atoms with Gasteiger partial charge in [-0.1, -0.05) is 30.3 Å². The number of fused-ring (bicyclic) bond motifs is 1. The summed E-state index contributed by atoms with van der Waals surface area (Å²) in [6.45, 7) is 2.15. The summed E-state index contributed by atoms with van der Waals surface area (Å²) < 4.78 is 5.02. The van der Waals surface area contributed by atoms with E-state index in [0.717, 1.165) is 18.5 Å². The lowest BCUT2D eigenvalue weighted by Crippen LogP contribution is -2.38. The summed E-state index contributed by atoms with van der Waals surface area (Å²) in [7, 11) is 0. The highest BCUT2D eigenvalue weighted by atomic mass is 32.1. The van der Waals surface area contributed by atoms with Crippen molar-refractivity contribution in [3.05, 3.63) is 65.2 Å². The van der Waals surface area contributed by atoms with Crippen LogP contribution in [0.5, 0.6) is 0 Å². The molecule has 0 fully saturated rings. The molecule has 5 heteroatoms. The van der Waals surface area contributed by atoms with Crippen LogP contribution in [0, 0.1) is 0 Å². The van der Waals surface area contributed by atoms with E-state index in [1.54, 1.807) is 19.1 Å². The molecule has 3 rings (SSSR count). The first-order chi connectivity index (χ1) is 11.7. The van der Waals surface area contributed by atoms with E-state index in [0.29, 0.717) is 23.3 Å². The molecule has 0 aromatic heterocycles. The van der Waals surface area contributed by atoms with Crippen molar-refractivity contribution in [2.75, 3.05) is 11.9 Å². The molecular formula is C19H20N2O2S. The number of nitrogens with one attached hydrogen (secondary N) is 2. The summed E-state index contributed by atoms with van der Waals surface area (Å²) in [5.74, 6) is -0.328. The number of carbonyl (C=O) groups excluding carboxylic acids is 1. The zero-order valence-electron chi connectivity index (χ0n) is 13.5. The van der Waals surface area contributed by atoms with Crippen LogP contribution < -0.4 is 10.6 Å². The molecule has 4 nitrogen and oxygen atoms in total. The molecule has 2 aromatic rings. The van der Waals surface area contributed by atoms with Gasteiger partial charge in [-0.3, -0.25) is 0 Å². The topological polar surface area (TPSA) is 50.4 Å². The second kappa shape index (κ2) is 7.45. The Hall–Kier alpha value is -2.40. The van der Waals surface area contributed by atoms with Crippen LogP contribution in [0.4, 0.5) is 5.69 Å². The Balaban J connectivity index is 1.58. The van der Waals surface area contributed by atoms with E-state index in [-0.39, 0.29) is 5.97 Å². The van der Waals surface area contributed by atoms with E-state index < -0.39 is 0 Å². The van der Waals surface area contributed by atoms with Gasteiger partial charge >= 0.3 is 5.97 Å². The summed E-state index contributed by atoms with van der Waals surface area (Å²) in [5.41, 5.74) is 4.04. The number of ether oxygens (including phenoxy) is 1. The summed E-state index contributed by atoms with van der Waals surface area (Å²) in [5, 5.41) is 7.06. The van der Waals surface area contributed by atoms with Crippen LogP contribution in [-0.2, 0) is 17.6 Å². The van der Waals surface area contributed by atoms with Crippen molar-refractivity contribution in [2.24, 2.45) is 0 Å². The van der Waals surface area contributed by atoms with Gasteiger partial charge < -0.3 is 15.4 Å². The van der Waals surface area contributed by atoms with Crippen LogP contribution in [0.1, 0.15) is 28.4 Å². The first kappa shape index (κ1) is 16.5. The van der Waals surface area contributed by atoms with Gasteiger partial charge in [-0.05, 0) is 61.3 Å². The van der Waals surface area contributed by atoms with E-state index in [4.69, 9.17) is 17.0 Å². The van der Waals surface area contributed by atoms with Crippen molar-refractivity contribution < 1.29 is 9.53 Å². The normalized spacial score (nSPS) is 13.2. The molecule has 2 aromatic carbocycles. The maximum atomic E-state index is 11.8. The number of anilines is 1. The molecule has 0 saturated carbocycles. The molecule has 0 heterocycles. The van der Waals surface area contributed by atoms with Gasteiger partial charge in [0, 0.05) is 11.7 Å². The van der Waals surface area contributed by atoms with E-state index in [1.807, 2.05) is 12.1 Å². The van der Waals surface area contributed by atoms with Crippen LogP contribution in [0.3, 0.4) is 0 Å². The molecule has 0 bridgehead atoms. The van der Waals surface area contributed by atoms with Gasteiger partial charge in [0.1, 0.15) is 0 Å². The third-order valence-corrected chi connectivity index (χ3v) is 4.24. The van der Waals surface area contributed by atoms with Crippen LogP contribution >= 0.6 is 12.2 Å². The fourth-order valence-corrected chi connectivity index (χ4v) is 3.24. The first-order valence-electron chi connectivity index (χ1n) is 8.07. The van der Waals surface area contributed by atoms with E-state index in [1.165, 1.54) is 11.1 Å². The predicted molar refractivity (Wildman–Crippen MR) is 99.4 cm³/mol. The van der Waals surface area contributed by atoms with E-state index in [2.05, 4.69) is 34.9 Å². The minimum absolute atomic E-state index is 0.302. The highest BCUT2D eigenvalue weighted by Crippen LogP contribution is 2.21. The van der Waals surface area contributed by atoms with Crippen molar-refractivity contribution in [3.8, 4) is 0 Å². The van der Waals surface area contributed by atoms with Gasteiger partial charge in [0.25, 0.3) is 0 Å². The number of benzene rings is 2. The minimum atomic E-state index is -0.328. The fourth-order valence-electron chi connectivity index (χ4n) is 2.95. The van der Waals surface area contributed by atoms with Crippen molar-refractivity contribution in [1.29, 1.82) is 0 Å². The van der Waals surface area contributed by atoms with Crippen molar-refractivity contribution in [2.45, 2.75) is 25.8 Å². The Kier molecular flexibility index (Phi) is 5.11. The van der Waals surface area contributed by atoms with E-state index >= 15 is 0 Å². The molecule has 1 aliphatic rings. The lowest BCUT2D eigenvalue weighted by Gasteiger charge is -2.16. The number of thiocarbonyl (C=S) groups is 1. The molecule has 1 aliphatic carbocycles. The maximum absolute atomic E-state index is 11.8. The number of rotatable bonds is 4. The smallest absolute Gasteiger partial charge is 0.338 e. The highest BCUT2D eigenvalue weighted by Gasteiger charge is 2.21. The average Bonchev–Trinajstić information content (AvgIpc) is 2.97. The maximum Gasteiger partial charge on any atom is 0.338 e. The molecule has 0 saturated heterocycles. The zero-order chi connectivity index (χ0) is 16.9. The molecule has 124 valence electrons. The van der Waals surface area contributed by atoms with Crippen molar-refractivity contribution in [1.82, 2.24) is 5.32 Å². The fraction of sp³-hybridized carbons (Fsp3) is 0.263. The second-order valence-electron chi connectivity index (χ2n) is 5.77. The third-order valence-electron chi connectivity index (χ3n) is 4.02. The van der Waals surface area contributed by atoms with Crippen LogP contribution in [0.15, 0.2) is 48.5 Å². The molecule has 24 heavy (non-hydrogen) atoms. The summed E-state index contributed by atoms with van der Waals surface area (Å²) in [6.07, 6.45) is 1.95. The Bertz CT molecular complexity index is 736. The Morgan fingerprint density at radius 3 is 2.54 bits per heavy atom. The zero-order valence-corrected chi connectivity index (χ0v) is 14.4. The average molecular weight is 340 g/mol. The standard InChI is InChI=1S/C19H20N2O2S/c1-2-23-18(22)15-8-5-9-16(12-15)20-19(24)21-17-10-13-6-3-4-7-14(13)11-17/h3-9,12,17H,2,10-11H2,1H3,(H2,20,21,24). The highest BCUT2D eigenvalue weighted by molar-refractivity contribution is 7.80. The number of carbonyl (C=O) groups is 1. The molecule has 0 spiro atoms. The van der Waals surface area contributed by atoms with Crippen LogP contribution in [0.25, 0.3) is 0 Å². The molecular weight excluding hydrogens is 320 g/mol. The van der Waals surface area contributed by atoms with Gasteiger partial charge in [0.15, 0.2) is 5.11 Å². The first-order valence-corrected chi connectivity index (χ1v) is 8.48. The Morgan fingerprint density at radius 1 is 1.17 bits per heavy atom. The SMILES string of the molecule is CCOC(=O)c1cccc(NC(=S)NC2Cc3ccccc3C2)c1. The van der Waals surface area contributed by atoms with Crippen molar-refractivity contribution in [3.63, 3.8) is 0 Å². The van der Waals surface area contributed by atoms with Gasteiger partial charge in [0.2, 0.25) is 0 Å². The van der Waals surface area contributed by atoms with Gasteiger partial charge in [0.05, 0.1) is 12.2 Å². The minimum Gasteiger partial charge on any atom is -0.462 e. The summed E-state index contributed by atoms with van der Waals surface area (Å²) in [6, 6.07) is 15.9. The van der Waals surface area contributed by atoms with Gasteiger partial charge in [-0.15, -0.1) is 0 Å². The molecule has 0 unspecified atom stereocenters. The lowest BCUT2D eigenvalue weighted by atomic mass is 10.1. The van der Waals surface area contributed by atoms with Crippen LogP contribution in [0.2, 0.25) is 0 Å². The molecule has 0 aliphatic heterocycles. The molecule has 2 N–H and O–H groups in total. The quantitative estimate of drug-likeness (QED) is 0.660. The van der Waals surface area contributed by atoms with E-state index in [9.17, 15) is 4.79 Å². The van der Waals surface area contributed by atoms with Crippen LogP contribution in [-0.4, -0.2) is 23.7 Å². The summed E-state index contributed by atoms with van der Waals surface area (Å²) in [4.78, 5) is 11.8. The van der Waals surface area contributed by atoms with Gasteiger partial charge in [-0.2, -0.15) is 0 Å². The number of esters is 1. The third kappa shape index (κ3) is 3.92. The Morgan fingerprint density at radius 2 is 1.88 bits per heavy atom. The Labute approximate surface area is 147 Å². The monoisotopic (exact) mass is 340 g/mol. The lowest BCUT2D eigenvalue weighted by molar-refractivity contribution is 0.0526. The predicted octanol–water partition coefficient (Wildman–Crippen LogP) is 3.32. The molecule has 0 atom stereocenters.